The first-order valence-corrected chi connectivity index (χ1v) is 11.7. The maximum absolute atomic E-state index is 12.2. The van der Waals surface area contributed by atoms with E-state index in [2.05, 4.69) is 33.9 Å². The van der Waals surface area contributed by atoms with Crippen LogP contribution in [0, 0.1) is 0 Å². The van der Waals surface area contributed by atoms with Crippen molar-refractivity contribution in [2.45, 2.75) is 72.0 Å². The van der Waals surface area contributed by atoms with Gasteiger partial charge in [-0.05, 0) is 44.8 Å². The molecule has 0 N–H and O–H groups in total. The maximum Gasteiger partial charge on any atom is 0.276 e. The Balaban J connectivity index is 4.55. The molecule has 1 amide bonds. The average Bonchev–Trinajstić information content (AvgIpc) is 2.50. The van der Waals surface area contributed by atoms with Crippen molar-refractivity contribution in [1.29, 1.82) is 0 Å². The Bertz CT molecular complexity index is 427. The first-order valence-electron chi connectivity index (χ1n) is 8.76. The number of amides is 1. The van der Waals surface area contributed by atoms with E-state index in [1.165, 1.54) is 12.2 Å². The van der Waals surface area contributed by atoms with E-state index in [-0.39, 0.29) is 10.9 Å². The topological polar surface area (TPSA) is 48.0 Å². The van der Waals surface area contributed by atoms with Crippen LogP contribution in [0.1, 0.15) is 53.9 Å². The quantitative estimate of drug-likeness (QED) is 0.189. The van der Waals surface area contributed by atoms with Crippen LogP contribution in [0.4, 0.5) is 0 Å². The molecule has 0 radical (unpaired) electrons. The van der Waals surface area contributed by atoms with Gasteiger partial charge in [0.1, 0.15) is 5.76 Å². The lowest BCUT2D eigenvalue weighted by Gasteiger charge is -2.36. The van der Waals surface area contributed by atoms with Crippen LogP contribution in [-0.4, -0.2) is 46.7 Å². The zero-order valence-corrected chi connectivity index (χ0v) is 18.1. The number of ether oxygens (including phenoxy) is 1. The smallest absolute Gasteiger partial charge is 0.276 e. The highest BCUT2D eigenvalue weighted by molar-refractivity contribution is 6.74. The minimum atomic E-state index is -1.68. The number of hydrogen-bond acceptors (Lipinski definition) is 4. The fourth-order valence-corrected chi connectivity index (χ4v) is 3.00. The molecule has 0 aromatic carbocycles. The van der Waals surface area contributed by atoms with Crippen LogP contribution in [0.25, 0.3) is 0 Å². The Morgan fingerprint density at radius 2 is 1.75 bits per heavy atom. The molecule has 0 aliphatic rings. The van der Waals surface area contributed by atoms with Crippen molar-refractivity contribution in [3.05, 3.63) is 11.3 Å². The minimum absolute atomic E-state index is 0.168. The minimum Gasteiger partial charge on any atom is -0.498 e. The lowest BCUT2D eigenvalue weighted by molar-refractivity contribution is -0.164. The summed E-state index contributed by atoms with van der Waals surface area (Å²) in [6.45, 7) is 16.3. The molecule has 0 atom stereocenters. The van der Waals surface area contributed by atoms with Crippen molar-refractivity contribution in [2.75, 3.05) is 27.4 Å². The largest absolute Gasteiger partial charge is 0.498 e. The third-order valence-electron chi connectivity index (χ3n) is 4.68. The zero-order chi connectivity index (χ0) is 19.0. The predicted octanol–water partition coefficient (Wildman–Crippen LogP) is 4.51. The number of allylic oxidation sites excluding steroid dienone is 1. The van der Waals surface area contributed by atoms with Crippen molar-refractivity contribution in [1.82, 2.24) is 5.06 Å². The van der Waals surface area contributed by atoms with Gasteiger partial charge in [0.2, 0.25) is 0 Å². The summed E-state index contributed by atoms with van der Waals surface area (Å²) < 4.78 is 11.9. The Hall–Kier alpha value is -0.853. The first-order chi connectivity index (χ1) is 11.0. The van der Waals surface area contributed by atoms with Gasteiger partial charge in [0.15, 0.2) is 8.32 Å². The van der Waals surface area contributed by atoms with Gasteiger partial charge >= 0.3 is 0 Å². The van der Waals surface area contributed by atoms with Gasteiger partial charge in [-0.15, -0.1) is 0 Å². The standard InChI is InChI=1S/C18H37NO4Si/c1-10-22-16(15(2)17(20)19(6)21-7)13-11-12-14-23-24(8,9)18(3,4)5/h10-14H2,1-9H3/b16-15-. The summed E-state index contributed by atoms with van der Waals surface area (Å²) in [6, 6.07) is 0. The summed E-state index contributed by atoms with van der Waals surface area (Å²) in [5.41, 5.74) is 0.603. The Morgan fingerprint density at radius 1 is 1.17 bits per heavy atom. The molecule has 0 spiro atoms. The molecule has 0 aromatic rings. The van der Waals surface area contributed by atoms with E-state index in [1.54, 1.807) is 14.0 Å². The monoisotopic (exact) mass is 359 g/mol. The van der Waals surface area contributed by atoms with Crippen LogP contribution in [-0.2, 0) is 18.8 Å². The van der Waals surface area contributed by atoms with Crippen molar-refractivity contribution >= 4 is 14.2 Å². The van der Waals surface area contributed by atoms with Gasteiger partial charge in [0, 0.05) is 20.1 Å². The number of rotatable bonds is 10. The summed E-state index contributed by atoms with van der Waals surface area (Å²) in [5.74, 6) is 0.581. The molecule has 6 heteroatoms. The van der Waals surface area contributed by atoms with Gasteiger partial charge in [-0.3, -0.25) is 9.63 Å². The second-order valence-electron chi connectivity index (χ2n) is 7.53. The van der Waals surface area contributed by atoms with Gasteiger partial charge in [-0.25, -0.2) is 5.06 Å². The number of hydrogen-bond donors (Lipinski definition) is 0. The Labute approximate surface area is 149 Å². The normalized spacial score (nSPS) is 13.5. The van der Waals surface area contributed by atoms with E-state index in [1.807, 2.05) is 6.92 Å². The first kappa shape index (κ1) is 23.1. The molecular weight excluding hydrogens is 322 g/mol. The average molecular weight is 360 g/mol. The molecule has 0 saturated carbocycles. The lowest BCUT2D eigenvalue weighted by atomic mass is 10.1. The van der Waals surface area contributed by atoms with E-state index >= 15 is 0 Å². The molecule has 0 aliphatic carbocycles. The molecule has 5 nitrogen and oxygen atoms in total. The Morgan fingerprint density at radius 3 is 2.21 bits per heavy atom. The molecule has 0 saturated heterocycles. The van der Waals surface area contributed by atoms with Crippen LogP contribution in [0.15, 0.2) is 11.3 Å². The summed E-state index contributed by atoms with van der Waals surface area (Å²) in [6.07, 6.45) is 2.64. The number of carbonyl (C=O) groups is 1. The van der Waals surface area contributed by atoms with Crippen molar-refractivity contribution in [2.24, 2.45) is 0 Å². The molecular formula is C18H37NO4Si. The Kier molecular flexibility index (Phi) is 9.85. The van der Waals surface area contributed by atoms with Crippen molar-refractivity contribution in [3.63, 3.8) is 0 Å². The molecule has 0 heterocycles. The SMILES string of the molecule is CCO/C(CCCCO[Si](C)(C)C(C)(C)C)=C(/C)C(=O)N(C)OC. The summed E-state index contributed by atoms with van der Waals surface area (Å²) >= 11 is 0. The highest BCUT2D eigenvalue weighted by atomic mass is 28.4. The highest BCUT2D eigenvalue weighted by Crippen LogP contribution is 2.36. The summed E-state index contributed by atoms with van der Waals surface area (Å²) in [5, 5.41) is 1.45. The van der Waals surface area contributed by atoms with Crippen LogP contribution in [0.5, 0.6) is 0 Å². The van der Waals surface area contributed by atoms with Crippen LogP contribution < -0.4 is 0 Å². The zero-order valence-electron chi connectivity index (χ0n) is 17.1. The van der Waals surface area contributed by atoms with Crippen molar-refractivity contribution < 1.29 is 18.8 Å². The van der Waals surface area contributed by atoms with Gasteiger partial charge in [0.05, 0.1) is 19.3 Å². The molecule has 0 aliphatic heterocycles. The summed E-state index contributed by atoms with van der Waals surface area (Å²) in [4.78, 5) is 17.1. The van der Waals surface area contributed by atoms with Crippen LogP contribution in [0.2, 0.25) is 18.1 Å². The number of hydroxylamine groups is 2. The number of nitrogens with zero attached hydrogens (tertiary/aromatic N) is 1. The second kappa shape index (κ2) is 10.2. The third kappa shape index (κ3) is 7.36. The van der Waals surface area contributed by atoms with Gasteiger partial charge in [-0.2, -0.15) is 0 Å². The number of likely N-dealkylation sites (N-methyl/N-ethyl adjacent to an activating group) is 1. The molecule has 0 unspecified atom stereocenters. The van der Waals surface area contributed by atoms with Gasteiger partial charge in [-0.1, -0.05) is 20.8 Å². The van der Waals surface area contributed by atoms with E-state index in [0.29, 0.717) is 12.2 Å². The van der Waals surface area contributed by atoms with Gasteiger partial charge < -0.3 is 9.16 Å². The molecule has 24 heavy (non-hydrogen) atoms. The van der Waals surface area contributed by atoms with E-state index in [9.17, 15) is 4.79 Å². The van der Waals surface area contributed by atoms with Gasteiger partial charge in [0.25, 0.3) is 5.91 Å². The fourth-order valence-electron chi connectivity index (χ4n) is 1.91. The van der Waals surface area contributed by atoms with E-state index in [4.69, 9.17) is 14.0 Å². The van der Waals surface area contributed by atoms with Crippen LogP contribution >= 0.6 is 0 Å². The molecule has 0 rings (SSSR count). The predicted molar refractivity (Wildman–Crippen MR) is 101 cm³/mol. The van der Waals surface area contributed by atoms with E-state index in [0.717, 1.165) is 31.6 Å². The maximum atomic E-state index is 12.2. The molecule has 0 bridgehead atoms. The van der Waals surface area contributed by atoms with E-state index < -0.39 is 8.32 Å². The van der Waals surface area contributed by atoms with Crippen molar-refractivity contribution in [3.8, 4) is 0 Å². The third-order valence-corrected chi connectivity index (χ3v) is 9.22. The van der Waals surface area contributed by atoms with Crippen LogP contribution in [0.3, 0.4) is 0 Å². The highest BCUT2D eigenvalue weighted by Gasteiger charge is 2.36. The fraction of sp³-hybridized carbons (Fsp3) is 0.833. The number of unbranched alkanes of at least 4 members (excludes halogenated alkanes) is 1. The lowest BCUT2D eigenvalue weighted by Crippen LogP contribution is -2.40. The number of carbonyl (C=O) groups excluding carboxylic acids is 1. The molecule has 142 valence electrons. The summed E-state index contributed by atoms with van der Waals surface area (Å²) in [7, 11) is 1.40. The second-order valence-corrected chi connectivity index (χ2v) is 12.3. The molecule has 0 aromatic heterocycles. The molecule has 0 fully saturated rings.